The molecule has 0 aromatic heterocycles. The van der Waals surface area contributed by atoms with Crippen LogP contribution in [0.5, 0.6) is 0 Å². The Balaban J connectivity index is 3.33. The van der Waals surface area contributed by atoms with E-state index in [2.05, 4.69) is 6.58 Å². The Hall–Kier alpha value is 0.320. The zero-order chi connectivity index (χ0) is 5.86. The van der Waals surface area contributed by atoms with Crippen LogP contribution in [-0.2, 0) is 0 Å². The van der Waals surface area contributed by atoms with Crippen molar-refractivity contribution in [3.05, 3.63) is 12.7 Å². The summed E-state index contributed by atoms with van der Waals surface area (Å²) in [6, 6.07) is 0. The average Bonchev–Trinajstić information content (AvgIpc) is 1.65. The summed E-state index contributed by atoms with van der Waals surface area (Å²) in [5.41, 5.74) is 0. The maximum absolute atomic E-state index is 5.42. The molecule has 1 unspecified atom stereocenters. The maximum Gasteiger partial charge on any atom is 0.113 e. The molecule has 0 N–H and O–H groups in total. The second kappa shape index (κ2) is 3.34. The van der Waals surface area contributed by atoms with E-state index >= 15 is 0 Å². The van der Waals surface area contributed by atoms with Crippen LogP contribution < -0.4 is 0 Å². The average molecular weight is 139 g/mol. The predicted octanol–water partition coefficient (Wildman–Crippen LogP) is 2.61. The van der Waals surface area contributed by atoms with Crippen molar-refractivity contribution in [3.8, 4) is 0 Å². The number of alkyl halides is 2. The first-order chi connectivity index (χ1) is 3.18. The molecule has 0 aliphatic rings. The molecule has 42 valence electrons. The smallest absolute Gasteiger partial charge is 0.105 e. The van der Waals surface area contributed by atoms with Gasteiger partial charge in [-0.05, 0) is 0 Å². The normalized spacial score (nSPS) is 14.3. The molecule has 0 amide bonds. The molecule has 7 heavy (non-hydrogen) atoms. The molecule has 0 saturated carbocycles. The maximum atomic E-state index is 5.42. The minimum Gasteiger partial charge on any atom is -0.105 e. The molecule has 0 aromatic carbocycles. The van der Waals surface area contributed by atoms with Gasteiger partial charge in [0.25, 0.3) is 0 Å². The Morgan fingerprint density at radius 2 is 2.00 bits per heavy atom. The van der Waals surface area contributed by atoms with Crippen LogP contribution in [0.1, 0.15) is 6.92 Å². The summed E-state index contributed by atoms with van der Waals surface area (Å²) in [4.78, 5) is -0.308. The molecule has 0 rings (SSSR count). The van der Waals surface area contributed by atoms with E-state index in [9.17, 15) is 0 Å². The SMILES string of the molecule is C=CC(C)C(Cl)Cl. The molecule has 0 aromatic rings. The summed E-state index contributed by atoms with van der Waals surface area (Å²) < 4.78 is 0. The third-order valence-corrected chi connectivity index (χ3v) is 1.56. The van der Waals surface area contributed by atoms with E-state index in [0.29, 0.717) is 0 Å². The number of rotatable bonds is 2. The fraction of sp³-hybridized carbons (Fsp3) is 0.600. The van der Waals surface area contributed by atoms with Gasteiger partial charge in [0.2, 0.25) is 0 Å². The van der Waals surface area contributed by atoms with Crippen molar-refractivity contribution in [1.82, 2.24) is 0 Å². The Bertz CT molecular complexity index is 59.1. The van der Waals surface area contributed by atoms with Crippen LogP contribution in [0.4, 0.5) is 0 Å². The van der Waals surface area contributed by atoms with Crippen LogP contribution in [0, 0.1) is 5.92 Å². The Morgan fingerprint density at radius 1 is 1.57 bits per heavy atom. The molecule has 0 saturated heterocycles. The molecule has 0 radical (unpaired) electrons. The van der Waals surface area contributed by atoms with Crippen LogP contribution in [0.2, 0.25) is 0 Å². The minimum absolute atomic E-state index is 0.198. The van der Waals surface area contributed by atoms with Crippen molar-refractivity contribution >= 4 is 23.2 Å². The molecule has 0 spiro atoms. The monoisotopic (exact) mass is 138 g/mol. The fourth-order valence-corrected chi connectivity index (χ4v) is 0.309. The second-order valence-corrected chi connectivity index (χ2v) is 2.59. The topological polar surface area (TPSA) is 0 Å². The number of allylic oxidation sites excluding steroid dienone is 1. The van der Waals surface area contributed by atoms with Crippen molar-refractivity contribution < 1.29 is 0 Å². The van der Waals surface area contributed by atoms with E-state index in [4.69, 9.17) is 23.2 Å². The highest BCUT2D eigenvalue weighted by molar-refractivity contribution is 6.44. The van der Waals surface area contributed by atoms with Crippen LogP contribution in [0.25, 0.3) is 0 Å². The van der Waals surface area contributed by atoms with Crippen molar-refractivity contribution in [3.63, 3.8) is 0 Å². The second-order valence-electron chi connectivity index (χ2n) is 1.43. The third kappa shape index (κ3) is 2.95. The summed E-state index contributed by atoms with van der Waals surface area (Å²) in [5.74, 6) is 0.198. The Kier molecular flexibility index (Phi) is 3.49. The standard InChI is InChI=1S/C5H8Cl2/c1-3-4(2)5(6)7/h3-5H,1H2,2H3. The first kappa shape index (κ1) is 7.32. The van der Waals surface area contributed by atoms with Crippen LogP contribution in [-0.4, -0.2) is 4.84 Å². The lowest BCUT2D eigenvalue weighted by atomic mass is 10.2. The number of halogens is 2. The number of hydrogen-bond acceptors (Lipinski definition) is 0. The van der Waals surface area contributed by atoms with Gasteiger partial charge in [0.1, 0.15) is 4.84 Å². The zero-order valence-corrected chi connectivity index (χ0v) is 5.71. The van der Waals surface area contributed by atoms with Crippen molar-refractivity contribution in [2.45, 2.75) is 11.8 Å². The first-order valence-electron chi connectivity index (χ1n) is 2.09. The van der Waals surface area contributed by atoms with Gasteiger partial charge in [0, 0.05) is 5.92 Å². The summed E-state index contributed by atoms with van der Waals surface area (Å²) in [7, 11) is 0. The molecular formula is C5H8Cl2. The molecule has 0 heterocycles. The van der Waals surface area contributed by atoms with Crippen LogP contribution >= 0.6 is 23.2 Å². The highest BCUT2D eigenvalue weighted by Crippen LogP contribution is 2.14. The van der Waals surface area contributed by atoms with Gasteiger partial charge in [-0.1, -0.05) is 13.0 Å². The molecule has 0 nitrogen and oxygen atoms in total. The molecule has 0 aliphatic heterocycles. The highest BCUT2D eigenvalue weighted by atomic mass is 35.5. The van der Waals surface area contributed by atoms with Gasteiger partial charge in [-0.15, -0.1) is 29.8 Å². The minimum atomic E-state index is -0.308. The Morgan fingerprint density at radius 3 is 2.00 bits per heavy atom. The summed E-state index contributed by atoms with van der Waals surface area (Å²) >= 11 is 10.8. The van der Waals surface area contributed by atoms with E-state index in [1.807, 2.05) is 6.92 Å². The van der Waals surface area contributed by atoms with E-state index in [-0.39, 0.29) is 10.8 Å². The lowest BCUT2D eigenvalue weighted by Gasteiger charge is -2.02. The van der Waals surface area contributed by atoms with E-state index in [1.165, 1.54) is 0 Å². The van der Waals surface area contributed by atoms with Gasteiger partial charge in [0.05, 0.1) is 0 Å². The lowest BCUT2D eigenvalue weighted by molar-refractivity contribution is 0.800. The van der Waals surface area contributed by atoms with E-state index in [0.717, 1.165) is 0 Å². The fourth-order valence-electron chi connectivity index (χ4n) is 0.103. The lowest BCUT2D eigenvalue weighted by Crippen LogP contribution is -1.98. The van der Waals surface area contributed by atoms with Crippen LogP contribution in [0.15, 0.2) is 12.7 Å². The summed E-state index contributed by atoms with van der Waals surface area (Å²) in [5, 5.41) is 0. The van der Waals surface area contributed by atoms with Crippen molar-refractivity contribution in [1.29, 1.82) is 0 Å². The molecule has 0 aliphatic carbocycles. The summed E-state index contributed by atoms with van der Waals surface area (Å²) in [6.45, 7) is 5.43. The van der Waals surface area contributed by atoms with Crippen molar-refractivity contribution in [2.75, 3.05) is 0 Å². The van der Waals surface area contributed by atoms with Gasteiger partial charge in [-0.25, -0.2) is 0 Å². The van der Waals surface area contributed by atoms with Crippen molar-refractivity contribution in [2.24, 2.45) is 5.92 Å². The quantitative estimate of drug-likeness (QED) is 0.407. The Labute approximate surface area is 54.1 Å². The van der Waals surface area contributed by atoms with E-state index < -0.39 is 0 Å². The molecule has 1 atom stereocenters. The van der Waals surface area contributed by atoms with E-state index in [1.54, 1.807) is 6.08 Å². The molecule has 2 heteroatoms. The van der Waals surface area contributed by atoms with Gasteiger partial charge in [0.15, 0.2) is 0 Å². The third-order valence-electron chi connectivity index (χ3n) is 0.769. The largest absolute Gasteiger partial charge is 0.113 e. The summed E-state index contributed by atoms with van der Waals surface area (Å²) in [6.07, 6.45) is 1.73. The van der Waals surface area contributed by atoms with Gasteiger partial charge in [-0.3, -0.25) is 0 Å². The predicted molar refractivity (Wildman–Crippen MR) is 34.9 cm³/mol. The number of hydrogen-bond donors (Lipinski definition) is 0. The first-order valence-corrected chi connectivity index (χ1v) is 2.96. The molecule has 0 fully saturated rings. The molecule has 0 bridgehead atoms. The van der Waals surface area contributed by atoms with Crippen LogP contribution in [0.3, 0.4) is 0 Å². The highest BCUT2D eigenvalue weighted by Gasteiger charge is 2.03. The van der Waals surface area contributed by atoms with Gasteiger partial charge in [-0.2, -0.15) is 0 Å². The molecular weight excluding hydrogens is 131 g/mol. The van der Waals surface area contributed by atoms with Gasteiger partial charge < -0.3 is 0 Å². The zero-order valence-electron chi connectivity index (χ0n) is 4.20. The van der Waals surface area contributed by atoms with Gasteiger partial charge >= 0.3 is 0 Å².